The van der Waals surface area contributed by atoms with E-state index in [-0.39, 0.29) is 36.4 Å². The van der Waals surface area contributed by atoms with Crippen molar-refractivity contribution in [3.8, 4) is 22.4 Å². The van der Waals surface area contributed by atoms with Gasteiger partial charge >= 0.3 is 5.97 Å². The number of para-hydroxylation sites is 1. The molecule has 2 heterocycles. The zero-order valence-electron chi connectivity index (χ0n) is 31.5. The van der Waals surface area contributed by atoms with Crippen molar-refractivity contribution in [3.63, 3.8) is 0 Å². The number of ether oxygens (including phenoxy) is 3. The van der Waals surface area contributed by atoms with Crippen molar-refractivity contribution >= 4 is 17.6 Å². The fourth-order valence-electron chi connectivity index (χ4n) is 7.51. The van der Waals surface area contributed by atoms with Crippen LogP contribution >= 0.6 is 0 Å². The average molecular weight is 693 g/mol. The smallest absolute Gasteiger partial charge is 0.308 e. The second kappa shape index (κ2) is 16.9. The van der Waals surface area contributed by atoms with Crippen LogP contribution in [0.2, 0.25) is 0 Å². The van der Waals surface area contributed by atoms with Gasteiger partial charge in [0.05, 0.1) is 29.9 Å². The number of nitrogens with one attached hydrogen (secondary N) is 1. The lowest BCUT2D eigenvalue weighted by molar-refractivity contribution is -0.315. The van der Waals surface area contributed by atoms with E-state index < -0.39 is 11.4 Å². The summed E-state index contributed by atoms with van der Waals surface area (Å²) in [5.41, 5.74) is 5.85. The Morgan fingerprint density at radius 3 is 1.96 bits per heavy atom. The predicted octanol–water partition coefficient (Wildman–Crippen LogP) is 10.8. The highest BCUT2D eigenvalue weighted by Gasteiger charge is 2.45. The molecule has 2 fully saturated rings. The Morgan fingerprint density at radius 2 is 1.39 bits per heavy atom. The van der Waals surface area contributed by atoms with Crippen molar-refractivity contribution in [2.75, 3.05) is 5.32 Å². The normalized spacial score (nSPS) is 18.3. The van der Waals surface area contributed by atoms with Crippen molar-refractivity contribution in [3.05, 3.63) is 102 Å². The van der Waals surface area contributed by atoms with Crippen LogP contribution in [0.1, 0.15) is 115 Å². The molecule has 272 valence electrons. The SMILES string of the molecule is CC.CC(C)c1c(C(=O)Nc2ccccc2)c(-c2ccccc2)c(-c2ccccc2)n1CC[C@@H]1C[C@H](CC(=O)OC(C)(C)C)OC2(CCCC2)O1. The molecule has 6 rings (SSSR count). The zero-order valence-corrected chi connectivity index (χ0v) is 31.5. The summed E-state index contributed by atoms with van der Waals surface area (Å²) in [6, 6.07) is 30.2. The van der Waals surface area contributed by atoms with E-state index in [1.165, 1.54) is 0 Å². The fraction of sp³-hybridized carbons (Fsp3) is 0.455. The quantitative estimate of drug-likeness (QED) is 0.167. The van der Waals surface area contributed by atoms with Crippen LogP contribution in [0, 0.1) is 0 Å². The van der Waals surface area contributed by atoms with Gasteiger partial charge in [-0.2, -0.15) is 0 Å². The van der Waals surface area contributed by atoms with Gasteiger partial charge in [-0.15, -0.1) is 0 Å². The number of rotatable bonds is 10. The summed E-state index contributed by atoms with van der Waals surface area (Å²) in [6.07, 6.45) is 4.85. The summed E-state index contributed by atoms with van der Waals surface area (Å²) < 4.78 is 21.4. The van der Waals surface area contributed by atoms with Gasteiger partial charge in [0.15, 0.2) is 5.79 Å². The molecule has 0 unspecified atom stereocenters. The number of benzene rings is 3. The second-order valence-corrected chi connectivity index (χ2v) is 14.8. The minimum atomic E-state index is -0.661. The highest BCUT2D eigenvalue weighted by atomic mass is 16.7. The molecule has 4 aromatic rings. The highest BCUT2D eigenvalue weighted by molar-refractivity contribution is 6.12. The molecule has 1 N–H and O–H groups in total. The van der Waals surface area contributed by atoms with Gasteiger partial charge in [-0.05, 0) is 69.2 Å². The molecular weight excluding hydrogens is 636 g/mol. The van der Waals surface area contributed by atoms with Crippen LogP contribution in [-0.2, 0) is 25.5 Å². The Bertz CT molecular complexity index is 1720. The molecule has 1 amide bonds. The van der Waals surface area contributed by atoms with Crippen LogP contribution in [0.25, 0.3) is 22.4 Å². The molecule has 2 aliphatic rings. The summed E-state index contributed by atoms with van der Waals surface area (Å²) in [5, 5.41) is 3.20. The van der Waals surface area contributed by atoms with Gasteiger partial charge in [0, 0.05) is 42.8 Å². The summed E-state index contributed by atoms with van der Waals surface area (Å²) in [4.78, 5) is 27.4. The number of hydrogen-bond acceptors (Lipinski definition) is 5. The standard InChI is InChI=1S/C42H50N2O5.C2H6/c1-29(2)38-37(40(46)43-32-21-13-8-14-22-32)36(30-17-9-6-10-18-30)39(31-19-11-7-12-20-31)44(38)26-23-33-27-34(28-35(45)49-41(3,4)5)48-42(47-33)24-15-16-25-42;1-2/h6-14,17-22,29,33-34H,15-16,23-28H2,1-5H3,(H,43,46);1-2H3/t33-,34-;/m1./s1. The fourth-order valence-corrected chi connectivity index (χ4v) is 7.51. The molecule has 3 aromatic carbocycles. The van der Waals surface area contributed by atoms with E-state index in [1.807, 2.05) is 101 Å². The third-order valence-corrected chi connectivity index (χ3v) is 9.36. The highest BCUT2D eigenvalue weighted by Crippen LogP contribution is 2.45. The van der Waals surface area contributed by atoms with Crippen molar-refractivity contribution in [1.82, 2.24) is 4.57 Å². The summed E-state index contributed by atoms with van der Waals surface area (Å²) in [7, 11) is 0. The van der Waals surface area contributed by atoms with Gasteiger partial charge < -0.3 is 24.1 Å². The summed E-state index contributed by atoms with van der Waals surface area (Å²) in [6.45, 7) is 14.6. The van der Waals surface area contributed by atoms with E-state index in [0.717, 1.165) is 59.4 Å². The van der Waals surface area contributed by atoms with Gasteiger partial charge in [-0.3, -0.25) is 9.59 Å². The first kappa shape index (κ1) is 38.0. The number of esters is 1. The van der Waals surface area contributed by atoms with Crippen LogP contribution in [0.15, 0.2) is 91.0 Å². The zero-order chi connectivity index (χ0) is 36.6. The lowest BCUT2D eigenvalue weighted by Crippen LogP contribution is -2.48. The maximum atomic E-state index is 14.4. The van der Waals surface area contributed by atoms with E-state index in [9.17, 15) is 9.59 Å². The minimum absolute atomic E-state index is 0.0492. The first-order valence-electron chi connectivity index (χ1n) is 18.8. The predicted molar refractivity (Wildman–Crippen MR) is 206 cm³/mol. The molecular formula is C44H56N2O5. The van der Waals surface area contributed by atoms with Crippen molar-refractivity contribution in [2.24, 2.45) is 0 Å². The molecule has 51 heavy (non-hydrogen) atoms. The lowest BCUT2D eigenvalue weighted by Gasteiger charge is -2.43. The summed E-state index contributed by atoms with van der Waals surface area (Å²) in [5.74, 6) is -0.986. The van der Waals surface area contributed by atoms with Crippen molar-refractivity contribution in [1.29, 1.82) is 0 Å². The van der Waals surface area contributed by atoms with E-state index in [0.29, 0.717) is 24.9 Å². The van der Waals surface area contributed by atoms with E-state index in [2.05, 4.69) is 48.0 Å². The van der Waals surface area contributed by atoms with Gasteiger partial charge in [0.25, 0.3) is 5.91 Å². The Balaban J connectivity index is 0.00000248. The van der Waals surface area contributed by atoms with Crippen LogP contribution in [-0.4, -0.2) is 40.0 Å². The first-order chi connectivity index (χ1) is 24.5. The molecule has 0 radical (unpaired) electrons. The minimum Gasteiger partial charge on any atom is -0.460 e. The van der Waals surface area contributed by atoms with E-state index in [1.54, 1.807) is 0 Å². The maximum Gasteiger partial charge on any atom is 0.308 e. The third kappa shape index (κ3) is 9.38. The molecule has 7 nitrogen and oxygen atoms in total. The Kier molecular flexibility index (Phi) is 12.6. The van der Waals surface area contributed by atoms with Crippen LogP contribution in [0.4, 0.5) is 5.69 Å². The number of nitrogens with zero attached hydrogens (tertiary/aromatic N) is 1. The van der Waals surface area contributed by atoms with Gasteiger partial charge in [-0.1, -0.05) is 107 Å². The first-order valence-corrected chi connectivity index (χ1v) is 18.8. The number of carbonyl (C=O) groups is 2. The molecule has 1 saturated heterocycles. The van der Waals surface area contributed by atoms with Crippen molar-refractivity contribution < 1.29 is 23.8 Å². The molecule has 1 aromatic heterocycles. The lowest BCUT2D eigenvalue weighted by atomic mass is 9.94. The topological polar surface area (TPSA) is 78.8 Å². The van der Waals surface area contributed by atoms with Crippen LogP contribution in [0.5, 0.6) is 0 Å². The molecule has 0 bridgehead atoms. The molecule has 1 aliphatic heterocycles. The van der Waals surface area contributed by atoms with Gasteiger partial charge in [0.2, 0.25) is 0 Å². The van der Waals surface area contributed by atoms with E-state index in [4.69, 9.17) is 14.2 Å². The summed E-state index contributed by atoms with van der Waals surface area (Å²) >= 11 is 0. The Hall–Kier alpha value is -4.20. The number of carbonyl (C=O) groups excluding carboxylic acids is 2. The van der Waals surface area contributed by atoms with E-state index >= 15 is 0 Å². The molecule has 1 spiro atoms. The maximum absolute atomic E-state index is 14.4. The number of hydrogen-bond donors (Lipinski definition) is 1. The van der Waals surface area contributed by atoms with Gasteiger partial charge in [-0.25, -0.2) is 0 Å². The molecule has 2 atom stereocenters. The second-order valence-electron chi connectivity index (χ2n) is 14.8. The molecule has 1 aliphatic carbocycles. The number of aromatic nitrogens is 1. The monoisotopic (exact) mass is 692 g/mol. The van der Waals surface area contributed by atoms with Crippen molar-refractivity contribution in [2.45, 2.75) is 129 Å². The average Bonchev–Trinajstić information content (AvgIpc) is 3.70. The number of anilines is 1. The van der Waals surface area contributed by atoms with Gasteiger partial charge in [0.1, 0.15) is 5.60 Å². The molecule has 1 saturated carbocycles. The number of amides is 1. The Labute approximate surface area is 304 Å². The Morgan fingerprint density at radius 1 is 0.843 bits per heavy atom. The third-order valence-electron chi connectivity index (χ3n) is 9.36. The van der Waals surface area contributed by atoms with Crippen LogP contribution in [0.3, 0.4) is 0 Å². The largest absolute Gasteiger partial charge is 0.460 e. The van der Waals surface area contributed by atoms with Crippen LogP contribution < -0.4 is 5.32 Å². The molecule has 7 heteroatoms.